The molecule has 2 aromatic carbocycles. The minimum atomic E-state index is -0.615. The zero-order chi connectivity index (χ0) is 28.7. The highest BCUT2D eigenvalue weighted by atomic mass is 16.7. The summed E-state index contributed by atoms with van der Waals surface area (Å²) in [6.07, 6.45) is 6.38. The number of Topliss-reactive ketones (excluding diaryl/α,β-unsaturated/α-hetero) is 2. The Morgan fingerprint density at radius 2 is 1.65 bits per heavy atom. The van der Waals surface area contributed by atoms with Crippen LogP contribution in [0.2, 0.25) is 0 Å². The summed E-state index contributed by atoms with van der Waals surface area (Å²) in [5.74, 6) is -0.705. The summed E-state index contributed by atoms with van der Waals surface area (Å²) in [4.78, 5) is 44.9. The average molecular weight is 546 g/mol. The number of nitrogens with zero attached hydrogens (tertiary/aromatic N) is 3. The molecule has 1 saturated heterocycles. The van der Waals surface area contributed by atoms with E-state index < -0.39 is 11.5 Å². The molecule has 1 aliphatic rings. The zero-order valence-electron chi connectivity index (χ0n) is 23.9. The average Bonchev–Trinajstić information content (AvgIpc) is 3.40. The number of oxime groups is 1. The molecular weight excluding hydrogens is 506 g/mol. The first kappa shape index (κ1) is 29.4. The van der Waals surface area contributed by atoms with Crippen LogP contribution in [0.4, 0.5) is 0 Å². The third-order valence-corrected chi connectivity index (χ3v) is 7.53. The third-order valence-electron chi connectivity index (χ3n) is 7.53. The number of unbranched alkanes of at least 4 members (excludes halogenated alkanes) is 3. The Morgan fingerprint density at radius 1 is 0.950 bits per heavy atom. The van der Waals surface area contributed by atoms with Gasteiger partial charge in [-0.1, -0.05) is 31.3 Å². The maximum Gasteiger partial charge on any atom is 0.331 e. The van der Waals surface area contributed by atoms with Gasteiger partial charge in [0.05, 0.1) is 24.3 Å². The van der Waals surface area contributed by atoms with Crippen LogP contribution in [-0.2, 0) is 14.4 Å². The van der Waals surface area contributed by atoms with Crippen molar-refractivity contribution < 1.29 is 24.0 Å². The van der Waals surface area contributed by atoms with Crippen molar-refractivity contribution in [3.8, 4) is 5.69 Å². The van der Waals surface area contributed by atoms with E-state index >= 15 is 0 Å². The van der Waals surface area contributed by atoms with Crippen molar-refractivity contribution in [3.63, 3.8) is 0 Å². The molecule has 1 aromatic heterocycles. The van der Waals surface area contributed by atoms with Gasteiger partial charge in [0.25, 0.3) is 0 Å². The smallest absolute Gasteiger partial charge is 0.331 e. The lowest BCUT2D eigenvalue weighted by atomic mass is 9.90. The van der Waals surface area contributed by atoms with Crippen molar-refractivity contribution in [3.05, 3.63) is 65.9 Å². The Labute approximate surface area is 235 Å². The SMILES string of the molecule is CCCCCC/C(=N\OC(C)=O)C(=O)c1ccc(-n2ccc3cc(C(=O)C(C)(C)N4CCOCC4)ccc32)cc1. The predicted molar refractivity (Wildman–Crippen MR) is 156 cm³/mol. The van der Waals surface area contributed by atoms with E-state index in [1.54, 1.807) is 12.1 Å². The van der Waals surface area contributed by atoms with Crippen molar-refractivity contribution >= 4 is 34.2 Å². The van der Waals surface area contributed by atoms with Crippen LogP contribution in [-0.4, -0.2) is 64.6 Å². The summed E-state index contributed by atoms with van der Waals surface area (Å²) in [5.41, 5.74) is 2.66. The van der Waals surface area contributed by atoms with E-state index in [1.165, 1.54) is 6.92 Å². The number of rotatable bonds is 12. The first-order chi connectivity index (χ1) is 19.2. The van der Waals surface area contributed by atoms with Crippen molar-refractivity contribution in [1.82, 2.24) is 9.47 Å². The Bertz CT molecular complexity index is 1380. The van der Waals surface area contributed by atoms with Gasteiger partial charge >= 0.3 is 5.97 Å². The van der Waals surface area contributed by atoms with Crippen molar-refractivity contribution in [2.24, 2.45) is 5.16 Å². The molecule has 0 N–H and O–H groups in total. The molecule has 3 aromatic rings. The summed E-state index contributed by atoms with van der Waals surface area (Å²) >= 11 is 0. The summed E-state index contributed by atoms with van der Waals surface area (Å²) in [7, 11) is 0. The number of benzene rings is 2. The van der Waals surface area contributed by atoms with Crippen LogP contribution >= 0.6 is 0 Å². The van der Waals surface area contributed by atoms with Gasteiger partial charge in [0.15, 0.2) is 5.78 Å². The van der Waals surface area contributed by atoms with Crippen LogP contribution in [0.3, 0.4) is 0 Å². The Kier molecular flexibility index (Phi) is 9.66. The minimum absolute atomic E-state index is 0.0906. The summed E-state index contributed by atoms with van der Waals surface area (Å²) < 4.78 is 7.49. The van der Waals surface area contributed by atoms with Gasteiger partial charge in [0.2, 0.25) is 5.78 Å². The molecule has 0 atom stereocenters. The fourth-order valence-corrected chi connectivity index (χ4v) is 5.11. The number of carbonyl (C=O) groups is 3. The van der Waals surface area contributed by atoms with E-state index in [2.05, 4.69) is 17.0 Å². The molecule has 0 radical (unpaired) electrons. The molecular formula is C32H39N3O5. The van der Waals surface area contributed by atoms with Gasteiger partial charge in [-0.15, -0.1) is 0 Å². The molecule has 1 fully saturated rings. The lowest BCUT2D eigenvalue weighted by molar-refractivity contribution is -0.140. The minimum Gasteiger partial charge on any atom is -0.379 e. The zero-order valence-corrected chi connectivity index (χ0v) is 23.9. The number of hydrogen-bond acceptors (Lipinski definition) is 7. The van der Waals surface area contributed by atoms with Crippen LogP contribution in [0.25, 0.3) is 16.6 Å². The van der Waals surface area contributed by atoms with E-state index in [0.29, 0.717) is 30.8 Å². The van der Waals surface area contributed by atoms with Gasteiger partial charge in [-0.2, -0.15) is 0 Å². The lowest BCUT2D eigenvalue weighted by Gasteiger charge is -2.39. The Balaban J connectivity index is 1.52. The molecule has 2 heterocycles. The number of fused-ring (bicyclic) bond motifs is 1. The molecule has 40 heavy (non-hydrogen) atoms. The molecule has 0 bridgehead atoms. The first-order valence-corrected chi connectivity index (χ1v) is 14.1. The normalized spacial score (nSPS) is 14.8. The molecule has 4 rings (SSSR count). The van der Waals surface area contributed by atoms with Crippen LogP contribution in [0.5, 0.6) is 0 Å². The van der Waals surface area contributed by atoms with Crippen LogP contribution in [0, 0.1) is 0 Å². The first-order valence-electron chi connectivity index (χ1n) is 14.1. The summed E-state index contributed by atoms with van der Waals surface area (Å²) in [6.45, 7) is 10.1. The molecule has 0 amide bonds. The third kappa shape index (κ3) is 6.74. The van der Waals surface area contributed by atoms with Crippen molar-refractivity contribution in [2.45, 2.75) is 65.3 Å². The van der Waals surface area contributed by atoms with E-state index in [1.807, 2.05) is 61.0 Å². The van der Waals surface area contributed by atoms with Crippen LogP contribution in [0.15, 0.2) is 59.9 Å². The number of carbonyl (C=O) groups excluding carboxylic acids is 3. The molecule has 0 aliphatic carbocycles. The highest BCUT2D eigenvalue weighted by Crippen LogP contribution is 2.27. The molecule has 0 unspecified atom stereocenters. The topological polar surface area (TPSA) is 90.2 Å². The van der Waals surface area contributed by atoms with Gasteiger partial charge in [-0.3, -0.25) is 14.5 Å². The van der Waals surface area contributed by atoms with Crippen LogP contribution < -0.4 is 0 Å². The molecule has 8 nitrogen and oxygen atoms in total. The Hall–Kier alpha value is -3.62. The fourth-order valence-electron chi connectivity index (χ4n) is 5.11. The van der Waals surface area contributed by atoms with Gasteiger partial charge in [0.1, 0.15) is 5.71 Å². The predicted octanol–water partition coefficient (Wildman–Crippen LogP) is 6.00. The highest BCUT2D eigenvalue weighted by Gasteiger charge is 2.36. The molecule has 8 heteroatoms. The van der Waals surface area contributed by atoms with E-state index in [9.17, 15) is 14.4 Å². The van der Waals surface area contributed by atoms with Crippen LogP contribution in [0.1, 0.15) is 80.5 Å². The summed E-state index contributed by atoms with van der Waals surface area (Å²) in [6, 6.07) is 15.1. The van der Waals surface area contributed by atoms with Gasteiger partial charge in [-0.05, 0) is 75.2 Å². The number of ketones is 2. The second-order valence-corrected chi connectivity index (χ2v) is 10.8. The molecule has 212 valence electrons. The Morgan fingerprint density at radius 3 is 2.33 bits per heavy atom. The fraction of sp³-hybridized carbons (Fsp3) is 0.438. The van der Waals surface area contributed by atoms with Gasteiger partial charge < -0.3 is 14.1 Å². The lowest BCUT2D eigenvalue weighted by Crippen LogP contribution is -2.54. The quantitative estimate of drug-likeness (QED) is 0.0912. The van der Waals surface area contributed by atoms with E-state index in [0.717, 1.165) is 55.4 Å². The van der Waals surface area contributed by atoms with Gasteiger partial charge in [0, 0.05) is 48.4 Å². The standard InChI is InChI=1S/C32H39N3O5/c1-5-6-7-8-9-28(33-40-23(2)36)30(37)24-10-13-27(14-11-24)35-17-16-25-22-26(12-15-29(25)35)31(38)32(3,4)34-18-20-39-21-19-34/h10-17,22H,5-9,18-21H2,1-4H3/b33-28+. The molecule has 0 spiro atoms. The van der Waals surface area contributed by atoms with Crippen molar-refractivity contribution in [1.29, 1.82) is 0 Å². The second kappa shape index (κ2) is 13.2. The maximum atomic E-state index is 13.5. The summed E-state index contributed by atoms with van der Waals surface area (Å²) in [5, 5.41) is 4.82. The number of ether oxygens (including phenoxy) is 1. The molecule has 0 saturated carbocycles. The van der Waals surface area contributed by atoms with Gasteiger partial charge in [-0.25, -0.2) is 4.79 Å². The van der Waals surface area contributed by atoms with Crippen molar-refractivity contribution in [2.75, 3.05) is 26.3 Å². The molecule has 1 aliphatic heterocycles. The van der Waals surface area contributed by atoms with E-state index in [-0.39, 0.29) is 17.3 Å². The maximum absolute atomic E-state index is 13.5. The second-order valence-electron chi connectivity index (χ2n) is 10.8. The number of morpholine rings is 1. The monoisotopic (exact) mass is 545 g/mol. The number of aromatic nitrogens is 1. The van der Waals surface area contributed by atoms with E-state index in [4.69, 9.17) is 9.57 Å². The number of hydrogen-bond donors (Lipinski definition) is 0. The highest BCUT2D eigenvalue weighted by molar-refractivity contribution is 6.45. The largest absolute Gasteiger partial charge is 0.379 e.